The molecule has 4 aliphatic rings. The van der Waals surface area contributed by atoms with Crippen LogP contribution in [0.25, 0.3) is 0 Å². The van der Waals surface area contributed by atoms with Crippen molar-refractivity contribution in [1.82, 2.24) is 0 Å². The van der Waals surface area contributed by atoms with Gasteiger partial charge in [-0.1, -0.05) is 153 Å². The van der Waals surface area contributed by atoms with Gasteiger partial charge in [0.1, 0.15) is 13.8 Å². The molecule has 0 radical (unpaired) electrons. The zero-order valence-electron chi connectivity index (χ0n) is 45.1. The van der Waals surface area contributed by atoms with Gasteiger partial charge in [-0.3, -0.25) is 4.99 Å². The maximum Gasteiger partial charge on any atom is 0.184 e. The Morgan fingerprint density at radius 1 is 0.783 bits per heavy atom. The molecular weight excluding hydrogens is 841 g/mol. The third kappa shape index (κ3) is 15.1. The molecule has 2 saturated heterocycles. The Labute approximate surface area is 421 Å². The molecule has 6 heteroatoms. The van der Waals surface area contributed by atoms with E-state index in [-0.39, 0.29) is 5.41 Å². The van der Waals surface area contributed by atoms with E-state index >= 15 is 0 Å². The van der Waals surface area contributed by atoms with Crippen LogP contribution in [0.4, 0.5) is 22.7 Å². The number of allylic oxidation sites excluding steroid dienone is 6. The normalized spacial score (nSPS) is 19.6. The van der Waals surface area contributed by atoms with E-state index in [1.165, 1.54) is 94.7 Å². The zero-order valence-corrected chi connectivity index (χ0v) is 45.1. The first-order chi connectivity index (χ1) is 33.3. The van der Waals surface area contributed by atoms with Crippen molar-refractivity contribution in [1.29, 1.82) is 0 Å². The smallest absolute Gasteiger partial charge is 0.184 e. The summed E-state index contributed by atoms with van der Waals surface area (Å²) < 4.78 is 1.90. The predicted molar refractivity (Wildman–Crippen MR) is 306 cm³/mol. The van der Waals surface area contributed by atoms with Gasteiger partial charge >= 0.3 is 0 Å². The SMILES string of the molecule is C=N/C=C\N(CC1(C)C=CCC(C)=C1)c1c(C(C)C)cccc1N1CCCCC1.C=[N+](C)/C=C\N(Cc1ccccc1C(C)CC)c1c(C(C)C)cc(C2C=CC=CC2)cc1N1CCCCC1.CC. The molecule has 0 bridgehead atoms. The number of hydrogen-bond acceptors (Lipinski definition) is 5. The Balaban J connectivity index is 0.000000257. The van der Waals surface area contributed by atoms with Gasteiger partial charge in [0.15, 0.2) is 6.20 Å². The van der Waals surface area contributed by atoms with Crippen LogP contribution in [-0.4, -0.2) is 57.8 Å². The van der Waals surface area contributed by atoms with Crippen LogP contribution in [0, 0.1) is 5.41 Å². The standard InChI is InChI=1S/C35H48N3.C26H37N3.C2H6/c1-7-28(4)32-19-13-12-18-30(32)26-38(23-22-36(5)6)35-33(27(2)3)24-31(29-16-10-8-11-17-29)25-34(35)37-20-14-9-15-21-37;1-21(2)23-12-9-13-24(28-16-7-6-8-17-28)25(23)29(18-15-27-5)20-26(4)14-10-11-22(3)19-26;1-2/h8,10-13,16,18-19,22-25,27-29H,5,7,9,14-15,17,20-21,26H2,1-4,6H3;9-10,12-15,18-19,21H,5-8,11,16-17,20H2,1-4H3;1-2H3/q+1;;/b23-22-;18-15-;. The number of nitrogens with zero attached hydrogens (tertiary/aromatic N) is 6. The number of piperidine rings is 2. The van der Waals surface area contributed by atoms with Crippen molar-refractivity contribution in [3.63, 3.8) is 0 Å². The average Bonchev–Trinajstić information content (AvgIpc) is 3.37. The molecule has 7 rings (SSSR count). The molecule has 0 aromatic heterocycles. The van der Waals surface area contributed by atoms with Gasteiger partial charge in [-0.05, 0) is 129 Å². The highest BCUT2D eigenvalue weighted by atomic mass is 15.2. The lowest BCUT2D eigenvalue weighted by Crippen LogP contribution is -2.35. The topological polar surface area (TPSA) is 28.3 Å². The number of aliphatic imine (C=N–C) groups is 1. The molecule has 0 saturated carbocycles. The molecule has 2 aliphatic carbocycles. The lowest BCUT2D eigenvalue weighted by Gasteiger charge is -2.38. The molecule has 2 fully saturated rings. The summed E-state index contributed by atoms with van der Waals surface area (Å²) in [6, 6.07) is 20.8. The molecule has 3 aromatic carbocycles. The molecule has 3 atom stereocenters. The second-order valence-electron chi connectivity index (χ2n) is 20.7. The molecule has 69 heavy (non-hydrogen) atoms. The highest BCUT2D eigenvalue weighted by Gasteiger charge is 2.29. The quantitative estimate of drug-likeness (QED) is 0.0766. The minimum absolute atomic E-state index is 0.00287. The van der Waals surface area contributed by atoms with Gasteiger partial charge in [0.05, 0.1) is 28.9 Å². The molecule has 372 valence electrons. The Morgan fingerprint density at radius 3 is 2.01 bits per heavy atom. The third-order valence-corrected chi connectivity index (χ3v) is 14.2. The van der Waals surface area contributed by atoms with Gasteiger partial charge in [0.25, 0.3) is 0 Å². The fraction of sp³-hybridized carbons (Fsp3) is 0.492. The summed E-state index contributed by atoms with van der Waals surface area (Å²) in [6.07, 6.45) is 35.5. The summed E-state index contributed by atoms with van der Waals surface area (Å²) in [5, 5.41) is 0. The third-order valence-electron chi connectivity index (χ3n) is 14.2. The van der Waals surface area contributed by atoms with Gasteiger partial charge < -0.3 is 19.6 Å². The van der Waals surface area contributed by atoms with E-state index in [2.05, 4.69) is 209 Å². The van der Waals surface area contributed by atoms with E-state index in [0.717, 1.165) is 58.5 Å². The summed E-state index contributed by atoms with van der Waals surface area (Å²) in [5.41, 5.74) is 14.0. The first kappa shape index (κ1) is 54.6. The van der Waals surface area contributed by atoms with Crippen molar-refractivity contribution in [2.75, 3.05) is 59.4 Å². The van der Waals surface area contributed by atoms with E-state index in [1.54, 1.807) is 0 Å². The highest BCUT2D eigenvalue weighted by molar-refractivity contribution is 5.79. The monoisotopic (exact) mass is 932 g/mol. The summed E-state index contributed by atoms with van der Waals surface area (Å²) >= 11 is 0. The second kappa shape index (κ2) is 27.1. The summed E-state index contributed by atoms with van der Waals surface area (Å²) in [5.74, 6) is 1.84. The molecule has 3 unspecified atom stereocenters. The van der Waals surface area contributed by atoms with Crippen molar-refractivity contribution in [2.24, 2.45) is 10.4 Å². The van der Waals surface area contributed by atoms with Gasteiger partial charge in [-0.25, -0.2) is 4.58 Å². The number of hydrogen-bond donors (Lipinski definition) is 0. The van der Waals surface area contributed by atoms with E-state index in [1.807, 2.05) is 31.7 Å². The van der Waals surface area contributed by atoms with Crippen molar-refractivity contribution in [2.45, 2.75) is 157 Å². The molecule has 2 aliphatic heterocycles. The molecule has 0 spiro atoms. The molecule has 6 nitrogen and oxygen atoms in total. The highest BCUT2D eigenvalue weighted by Crippen LogP contribution is 2.44. The fourth-order valence-corrected chi connectivity index (χ4v) is 10.5. The van der Waals surface area contributed by atoms with Crippen LogP contribution in [0.15, 0.2) is 132 Å². The summed E-state index contributed by atoms with van der Waals surface area (Å²) in [4.78, 5) is 14.2. The van der Waals surface area contributed by atoms with Crippen molar-refractivity contribution in [3.05, 3.63) is 155 Å². The van der Waals surface area contributed by atoms with E-state index < -0.39 is 0 Å². The van der Waals surface area contributed by atoms with Gasteiger partial charge in [0, 0.05) is 63.0 Å². The maximum absolute atomic E-state index is 4.11. The minimum Gasteiger partial charge on any atom is -0.370 e. The Kier molecular flexibility index (Phi) is 21.5. The Bertz CT molecular complexity index is 2290. The zero-order chi connectivity index (χ0) is 49.9. The average molecular weight is 932 g/mol. The number of para-hydroxylation sites is 1. The maximum atomic E-state index is 4.11. The van der Waals surface area contributed by atoms with Crippen LogP contribution in [0.3, 0.4) is 0 Å². The largest absolute Gasteiger partial charge is 0.370 e. The van der Waals surface area contributed by atoms with E-state index in [9.17, 15) is 0 Å². The predicted octanol–water partition coefficient (Wildman–Crippen LogP) is 16.5. The fourth-order valence-electron chi connectivity index (χ4n) is 10.5. The van der Waals surface area contributed by atoms with E-state index in [4.69, 9.17) is 0 Å². The lowest BCUT2D eigenvalue weighted by atomic mass is 9.82. The Morgan fingerprint density at radius 2 is 1.42 bits per heavy atom. The van der Waals surface area contributed by atoms with Crippen molar-refractivity contribution < 1.29 is 4.58 Å². The molecule has 0 N–H and O–H groups in total. The van der Waals surface area contributed by atoms with Crippen molar-refractivity contribution >= 4 is 36.2 Å². The number of benzene rings is 3. The number of rotatable bonds is 17. The molecular formula is C63H91N6+. The van der Waals surface area contributed by atoms with E-state index in [0.29, 0.717) is 23.7 Å². The number of anilines is 4. The van der Waals surface area contributed by atoms with Crippen LogP contribution in [0.2, 0.25) is 0 Å². The summed E-state index contributed by atoms with van der Waals surface area (Å²) in [7, 11) is 2.00. The van der Waals surface area contributed by atoms with Gasteiger partial charge in [-0.15, -0.1) is 0 Å². The van der Waals surface area contributed by atoms with Crippen LogP contribution in [0.5, 0.6) is 0 Å². The lowest BCUT2D eigenvalue weighted by molar-refractivity contribution is -0.412. The van der Waals surface area contributed by atoms with Crippen LogP contribution >= 0.6 is 0 Å². The van der Waals surface area contributed by atoms with Gasteiger partial charge in [-0.2, -0.15) is 0 Å². The van der Waals surface area contributed by atoms with Crippen LogP contribution in [0.1, 0.15) is 179 Å². The van der Waals surface area contributed by atoms with Gasteiger partial charge in [0.2, 0.25) is 0 Å². The minimum atomic E-state index is -0.00287. The Hall–Kier alpha value is -5.36. The summed E-state index contributed by atoms with van der Waals surface area (Å²) in [6.45, 7) is 36.5. The van der Waals surface area contributed by atoms with Crippen LogP contribution in [-0.2, 0) is 6.54 Å². The molecule has 0 amide bonds. The molecule has 3 aromatic rings. The molecule has 2 heterocycles. The van der Waals surface area contributed by atoms with Crippen molar-refractivity contribution in [3.8, 4) is 0 Å². The first-order valence-corrected chi connectivity index (χ1v) is 26.8. The second-order valence-corrected chi connectivity index (χ2v) is 20.7. The first-order valence-electron chi connectivity index (χ1n) is 26.8. The van der Waals surface area contributed by atoms with Crippen LogP contribution < -0.4 is 19.6 Å².